The van der Waals surface area contributed by atoms with Gasteiger partial charge in [-0.3, -0.25) is 4.79 Å². The molecular formula is C16H17N3O3. The molecule has 1 aromatic heterocycles. The second-order valence-corrected chi connectivity index (χ2v) is 5.12. The quantitative estimate of drug-likeness (QED) is 0.671. The third-order valence-electron chi connectivity index (χ3n) is 3.52. The number of phenolic OH excluding ortho intramolecular Hbond substituents is 1. The number of amides is 1. The number of rotatable bonds is 4. The SMILES string of the molecule is O=C(N/N=C\c1ccc(N2CCCC2)o1)c1ccc(O)cc1. The van der Waals surface area contributed by atoms with Crippen LogP contribution in [0.4, 0.5) is 5.88 Å². The lowest BCUT2D eigenvalue weighted by Crippen LogP contribution is -2.17. The minimum absolute atomic E-state index is 0.116. The summed E-state index contributed by atoms with van der Waals surface area (Å²) in [5.74, 6) is 1.20. The third kappa shape index (κ3) is 3.28. The highest BCUT2D eigenvalue weighted by molar-refractivity contribution is 5.94. The fraction of sp³-hybridized carbons (Fsp3) is 0.250. The van der Waals surface area contributed by atoms with Crippen LogP contribution in [0.3, 0.4) is 0 Å². The lowest BCUT2D eigenvalue weighted by molar-refractivity contribution is 0.0955. The van der Waals surface area contributed by atoms with E-state index in [0.29, 0.717) is 11.3 Å². The number of aromatic hydroxyl groups is 1. The van der Waals surface area contributed by atoms with Crippen LogP contribution in [0.1, 0.15) is 29.0 Å². The summed E-state index contributed by atoms with van der Waals surface area (Å²) in [6.45, 7) is 2.03. The van der Waals surface area contributed by atoms with E-state index >= 15 is 0 Å². The van der Waals surface area contributed by atoms with Gasteiger partial charge < -0.3 is 14.4 Å². The lowest BCUT2D eigenvalue weighted by atomic mass is 10.2. The summed E-state index contributed by atoms with van der Waals surface area (Å²) in [6.07, 6.45) is 3.84. The average Bonchev–Trinajstić information content (AvgIpc) is 3.19. The molecule has 0 radical (unpaired) electrons. The molecule has 0 bridgehead atoms. The smallest absolute Gasteiger partial charge is 0.271 e. The highest BCUT2D eigenvalue weighted by Crippen LogP contribution is 2.21. The van der Waals surface area contributed by atoms with Gasteiger partial charge in [0.1, 0.15) is 11.5 Å². The summed E-state index contributed by atoms with van der Waals surface area (Å²) in [5, 5.41) is 13.1. The number of nitrogens with zero attached hydrogens (tertiary/aromatic N) is 2. The Morgan fingerprint density at radius 2 is 1.91 bits per heavy atom. The van der Waals surface area contributed by atoms with Gasteiger partial charge >= 0.3 is 0 Å². The molecule has 22 heavy (non-hydrogen) atoms. The molecule has 0 saturated carbocycles. The number of hydrogen-bond donors (Lipinski definition) is 2. The van der Waals surface area contributed by atoms with Crippen molar-refractivity contribution in [3.63, 3.8) is 0 Å². The number of benzene rings is 1. The molecule has 2 N–H and O–H groups in total. The summed E-state index contributed by atoms with van der Waals surface area (Å²) in [5.41, 5.74) is 2.84. The van der Waals surface area contributed by atoms with E-state index in [9.17, 15) is 9.90 Å². The van der Waals surface area contributed by atoms with Crippen molar-refractivity contribution in [3.8, 4) is 5.75 Å². The topological polar surface area (TPSA) is 78.1 Å². The van der Waals surface area contributed by atoms with Gasteiger partial charge in [-0.25, -0.2) is 5.43 Å². The molecule has 6 heteroatoms. The van der Waals surface area contributed by atoms with Crippen LogP contribution >= 0.6 is 0 Å². The number of hydrazone groups is 1. The lowest BCUT2D eigenvalue weighted by Gasteiger charge is -2.12. The van der Waals surface area contributed by atoms with Gasteiger partial charge in [-0.2, -0.15) is 5.10 Å². The van der Waals surface area contributed by atoms with Gasteiger partial charge in [0.05, 0.1) is 6.21 Å². The van der Waals surface area contributed by atoms with Crippen LogP contribution < -0.4 is 10.3 Å². The monoisotopic (exact) mass is 299 g/mol. The van der Waals surface area contributed by atoms with Gasteiger partial charge in [0, 0.05) is 24.7 Å². The van der Waals surface area contributed by atoms with E-state index in [1.807, 2.05) is 12.1 Å². The van der Waals surface area contributed by atoms with Gasteiger partial charge in [0.25, 0.3) is 5.91 Å². The molecule has 2 heterocycles. The van der Waals surface area contributed by atoms with Crippen molar-refractivity contribution < 1.29 is 14.3 Å². The van der Waals surface area contributed by atoms with Crippen molar-refractivity contribution in [1.82, 2.24) is 5.43 Å². The fourth-order valence-corrected chi connectivity index (χ4v) is 2.35. The maximum atomic E-state index is 11.8. The normalized spacial score (nSPS) is 14.6. The molecule has 3 rings (SSSR count). The Bertz CT molecular complexity index is 670. The maximum Gasteiger partial charge on any atom is 0.271 e. The van der Waals surface area contributed by atoms with Crippen LogP contribution in [0.2, 0.25) is 0 Å². The van der Waals surface area contributed by atoms with E-state index in [1.165, 1.54) is 43.3 Å². The van der Waals surface area contributed by atoms with E-state index in [4.69, 9.17) is 4.42 Å². The predicted octanol–water partition coefficient (Wildman–Crippen LogP) is 2.35. The fourth-order valence-electron chi connectivity index (χ4n) is 2.35. The first kappa shape index (κ1) is 14.2. The molecule has 114 valence electrons. The zero-order valence-corrected chi connectivity index (χ0v) is 12.0. The first-order valence-corrected chi connectivity index (χ1v) is 7.19. The summed E-state index contributed by atoms with van der Waals surface area (Å²) >= 11 is 0. The Morgan fingerprint density at radius 3 is 2.64 bits per heavy atom. The Hall–Kier alpha value is -2.76. The van der Waals surface area contributed by atoms with Crippen molar-refractivity contribution in [2.75, 3.05) is 18.0 Å². The molecule has 1 aliphatic heterocycles. The molecule has 0 spiro atoms. The molecule has 6 nitrogen and oxygen atoms in total. The number of phenols is 1. The molecule has 1 aliphatic rings. The van der Waals surface area contributed by atoms with Gasteiger partial charge in [-0.05, 0) is 43.2 Å². The van der Waals surface area contributed by atoms with Gasteiger partial charge in [0.2, 0.25) is 0 Å². The number of hydrogen-bond acceptors (Lipinski definition) is 5. The highest BCUT2D eigenvalue weighted by Gasteiger charge is 2.15. The summed E-state index contributed by atoms with van der Waals surface area (Å²) in [6, 6.07) is 9.69. The minimum atomic E-state index is -0.345. The molecule has 1 aromatic carbocycles. The summed E-state index contributed by atoms with van der Waals surface area (Å²) in [7, 11) is 0. The van der Waals surface area contributed by atoms with Gasteiger partial charge in [0.15, 0.2) is 5.88 Å². The molecule has 1 saturated heterocycles. The zero-order valence-electron chi connectivity index (χ0n) is 12.0. The van der Waals surface area contributed by atoms with Crippen LogP contribution in [-0.4, -0.2) is 30.3 Å². The van der Waals surface area contributed by atoms with Gasteiger partial charge in [-0.1, -0.05) is 0 Å². The first-order chi connectivity index (χ1) is 10.7. The predicted molar refractivity (Wildman–Crippen MR) is 83.3 cm³/mol. The zero-order chi connectivity index (χ0) is 15.4. The average molecular weight is 299 g/mol. The standard InChI is InChI=1S/C16H17N3O3/c20-13-5-3-12(4-6-13)16(21)18-17-11-14-7-8-15(22-14)19-9-1-2-10-19/h3-8,11,20H,1-2,9-10H2,(H,18,21)/b17-11-. The Labute approximate surface area is 128 Å². The van der Waals surface area contributed by atoms with E-state index < -0.39 is 0 Å². The molecule has 2 aromatic rings. The summed E-state index contributed by atoms with van der Waals surface area (Å²) in [4.78, 5) is 14.0. The van der Waals surface area contributed by atoms with E-state index in [0.717, 1.165) is 19.0 Å². The van der Waals surface area contributed by atoms with Crippen LogP contribution in [0.25, 0.3) is 0 Å². The van der Waals surface area contributed by atoms with Crippen molar-refractivity contribution in [2.24, 2.45) is 5.10 Å². The van der Waals surface area contributed by atoms with Crippen molar-refractivity contribution >= 4 is 18.0 Å². The molecule has 0 atom stereocenters. The molecule has 0 aliphatic carbocycles. The number of carbonyl (C=O) groups is 1. The second-order valence-electron chi connectivity index (χ2n) is 5.12. The molecule has 1 amide bonds. The second kappa shape index (κ2) is 6.34. The van der Waals surface area contributed by atoms with Crippen molar-refractivity contribution in [2.45, 2.75) is 12.8 Å². The summed E-state index contributed by atoms with van der Waals surface area (Å²) < 4.78 is 5.66. The Balaban J connectivity index is 1.57. The Kier molecular flexibility index (Phi) is 4.09. The van der Waals surface area contributed by atoms with Gasteiger partial charge in [-0.15, -0.1) is 0 Å². The highest BCUT2D eigenvalue weighted by atomic mass is 16.4. The molecular weight excluding hydrogens is 282 g/mol. The van der Waals surface area contributed by atoms with Crippen LogP contribution in [0.5, 0.6) is 5.75 Å². The number of furan rings is 1. The van der Waals surface area contributed by atoms with Crippen LogP contribution in [0, 0.1) is 0 Å². The van der Waals surface area contributed by atoms with Crippen LogP contribution in [0.15, 0.2) is 45.9 Å². The third-order valence-corrected chi connectivity index (χ3v) is 3.52. The van der Waals surface area contributed by atoms with Crippen molar-refractivity contribution in [3.05, 3.63) is 47.7 Å². The number of anilines is 1. The molecule has 1 fully saturated rings. The number of nitrogens with one attached hydrogen (secondary N) is 1. The largest absolute Gasteiger partial charge is 0.508 e. The van der Waals surface area contributed by atoms with E-state index in [1.54, 1.807) is 0 Å². The maximum absolute atomic E-state index is 11.8. The minimum Gasteiger partial charge on any atom is -0.508 e. The van der Waals surface area contributed by atoms with Crippen LogP contribution in [-0.2, 0) is 0 Å². The van der Waals surface area contributed by atoms with Crippen molar-refractivity contribution in [1.29, 1.82) is 0 Å². The molecule has 0 unspecified atom stereocenters. The van der Waals surface area contributed by atoms with E-state index in [-0.39, 0.29) is 11.7 Å². The van der Waals surface area contributed by atoms with E-state index in [2.05, 4.69) is 15.4 Å². The first-order valence-electron chi connectivity index (χ1n) is 7.19. The number of carbonyl (C=O) groups excluding carboxylic acids is 1. The Morgan fingerprint density at radius 1 is 1.18 bits per heavy atom.